The maximum Gasteiger partial charge on any atom is 0.161 e. The molecule has 0 heterocycles. The van der Waals surface area contributed by atoms with Crippen molar-refractivity contribution >= 4 is 0 Å². The van der Waals surface area contributed by atoms with Gasteiger partial charge in [-0.05, 0) is 142 Å². The highest BCUT2D eigenvalue weighted by Gasteiger charge is 2.20. The van der Waals surface area contributed by atoms with E-state index in [0.29, 0.717) is 0 Å². The fraction of sp³-hybridized carbons (Fsp3) is 0.250. The van der Waals surface area contributed by atoms with Crippen molar-refractivity contribution in [2.75, 3.05) is 42.7 Å². The molecule has 6 heteroatoms. The van der Waals surface area contributed by atoms with Gasteiger partial charge in [0.25, 0.3) is 0 Å². The van der Waals surface area contributed by atoms with Crippen molar-refractivity contribution in [1.82, 2.24) is 0 Å². The number of rotatable bonds is 6. The van der Waals surface area contributed by atoms with Crippen molar-refractivity contribution in [3.8, 4) is 34.5 Å². The molecule has 0 aliphatic heterocycles. The zero-order valence-corrected chi connectivity index (χ0v) is 32.1. The van der Waals surface area contributed by atoms with E-state index < -0.39 is 0 Å². The van der Waals surface area contributed by atoms with Crippen LogP contribution in [0.3, 0.4) is 0 Å². The molecule has 276 valence electrons. The van der Waals surface area contributed by atoms with Crippen LogP contribution >= 0.6 is 0 Å². The molecule has 0 saturated heterocycles. The van der Waals surface area contributed by atoms with Crippen LogP contribution in [0.15, 0.2) is 109 Å². The summed E-state index contributed by atoms with van der Waals surface area (Å²) in [7, 11) is 10.2. The van der Waals surface area contributed by atoms with Crippen LogP contribution in [0.25, 0.3) is 0 Å². The average molecular weight is 721 g/mol. The molecule has 0 spiro atoms. The first-order valence-electron chi connectivity index (χ1n) is 18.4. The summed E-state index contributed by atoms with van der Waals surface area (Å²) >= 11 is 0. The third kappa shape index (κ3) is 7.60. The Labute approximate surface area is 319 Å². The maximum atomic E-state index is 5.85. The summed E-state index contributed by atoms with van der Waals surface area (Å²) in [6.45, 7) is 0. The monoisotopic (exact) mass is 720 g/mol. The van der Waals surface area contributed by atoms with Crippen LogP contribution in [0.5, 0.6) is 34.5 Å². The Balaban J connectivity index is 1.47. The molecular weight excluding hydrogens is 673 g/mol. The minimum absolute atomic E-state index is 0.722. The molecule has 0 N–H and O–H groups in total. The second-order valence-electron chi connectivity index (χ2n) is 13.8. The lowest BCUT2D eigenvalue weighted by Gasteiger charge is -2.21. The van der Waals surface area contributed by atoms with E-state index in [1.807, 2.05) is 0 Å². The molecule has 1 aliphatic carbocycles. The number of benzene rings is 6. The largest absolute Gasteiger partial charge is 0.493 e. The first-order valence-corrected chi connectivity index (χ1v) is 18.4. The summed E-state index contributed by atoms with van der Waals surface area (Å²) in [5.74, 6) is 4.33. The molecule has 54 heavy (non-hydrogen) atoms. The number of hydrogen-bond acceptors (Lipinski definition) is 6. The van der Waals surface area contributed by atoms with Crippen molar-refractivity contribution in [3.05, 3.63) is 176 Å². The summed E-state index contributed by atoms with van der Waals surface area (Å²) in [4.78, 5) is 0. The minimum atomic E-state index is 0.722. The highest BCUT2D eigenvalue weighted by atomic mass is 16.5. The second-order valence-corrected chi connectivity index (χ2v) is 13.8. The summed E-state index contributed by atoms with van der Waals surface area (Å²) in [5.41, 5.74) is 14.8. The Hall–Kier alpha value is -5.88. The summed E-state index contributed by atoms with van der Waals surface area (Å²) in [6.07, 6.45) is 4.41. The van der Waals surface area contributed by atoms with Gasteiger partial charge in [0.1, 0.15) is 0 Å². The van der Waals surface area contributed by atoms with Crippen molar-refractivity contribution < 1.29 is 28.4 Å². The molecule has 0 radical (unpaired) electrons. The molecular formula is C48H48O6. The molecule has 0 bridgehead atoms. The van der Waals surface area contributed by atoms with E-state index in [4.69, 9.17) is 28.4 Å². The van der Waals surface area contributed by atoms with E-state index in [-0.39, 0.29) is 0 Å². The van der Waals surface area contributed by atoms with Crippen LogP contribution in [0.4, 0.5) is 0 Å². The lowest BCUT2D eigenvalue weighted by atomic mass is 9.86. The van der Waals surface area contributed by atoms with E-state index in [0.717, 1.165) is 73.0 Å². The van der Waals surface area contributed by atoms with Crippen molar-refractivity contribution in [2.45, 2.75) is 38.5 Å². The average Bonchev–Trinajstić information content (AvgIpc) is 3.20. The minimum Gasteiger partial charge on any atom is -0.493 e. The van der Waals surface area contributed by atoms with E-state index >= 15 is 0 Å². The lowest BCUT2D eigenvalue weighted by Crippen LogP contribution is -2.08. The number of methoxy groups -OCH3 is 6. The second kappa shape index (κ2) is 16.4. The fourth-order valence-corrected chi connectivity index (χ4v) is 7.82. The topological polar surface area (TPSA) is 55.4 Å². The first kappa shape index (κ1) is 36.5. The third-order valence-electron chi connectivity index (χ3n) is 10.8. The Morgan fingerprint density at radius 1 is 0.241 bits per heavy atom. The maximum absolute atomic E-state index is 5.85. The van der Waals surface area contributed by atoms with Crippen molar-refractivity contribution in [3.63, 3.8) is 0 Å². The van der Waals surface area contributed by atoms with Crippen LogP contribution in [0.1, 0.15) is 66.8 Å². The zero-order chi connectivity index (χ0) is 37.6. The van der Waals surface area contributed by atoms with E-state index in [1.54, 1.807) is 42.7 Å². The molecule has 6 aromatic carbocycles. The predicted molar refractivity (Wildman–Crippen MR) is 215 cm³/mol. The molecule has 0 aromatic heterocycles. The summed E-state index contributed by atoms with van der Waals surface area (Å²) < 4.78 is 35.1. The SMILES string of the molecule is COc1cc2c(cc1OC)Cc1ccccc1Cc1cc(OC)c(OC)cc1Cc1ccccc1Cc1cc(OC)c(OC)cc1Cc1ccccc1C2. The quantitative estimate of drug-likeness (QED) is 0.171. The molecule has 1 aliphatic rings. The molecule has 0 unspecified atom stereocenters. The van der Waals surface area contributed by atoms with Crippen LogP contribution in [0.2, 0.25) is 0 Å². The van der Waals surface area contributed by atoms with Crippen LogP contribution in [0, 0.1) is 0 Å². The smallest absolute Gasteiger partial charge is 0.161 e. The van der Waals surface area contributed by atoms with Gasteiger partial charge < -0.3 is 28.4 Å². The van der Waals surface area contributed by atoms with Crippen molar-refractivity contribution in [2.24, 2.45) is 0 Å². The Kier molecular flexibility index (Phi) is 11.1. The highest BCUT2D eigenvalue weighted by Crippen LogP contribution is 2.38. The van der Waals surface area contributed by atoms with E-state index in [1.165, 1.54) is 66.8 Å². The van der Waals surface area contributed by atoms with E-state index in [9.17, 15) is 0 Å². The first-order chi connectivity index (χ1) is 26.4. The van der Waals surface area contributed by atoms with Gasteiger partial charge in [-0.3, -0.25) is 0 Å². The molecule has 7 rings (SSSR count). The number of fused-ring (bicyclic) bond motifs is 6. The normalized spacial score (nSPS) is 12.6. The number of hydrogen-bond donors (Lipinski definition) is 0. The van der Waals surface area contributed by atoms with Gasteiger partial charge in [-0.15, -0.1) is 0 Å². The van der Waals surface area contributed by atoms with Gasteiger partial charge in [-0.1, -0.05) is 72.8 Å². The lowest BCUT2D eigenvalue weighted by molar-refractivity contribution is 0.354. The molecule has 0 amide bonds. The summed E-state index contributed by atoms with van der Waals surface area (Å²) in [6, 6.07) is 39.2. The summed E-state index contributed by atoms with van der Waals surface area (Å²) in [5, 5.41) is 0. The van der Waals surface area contributed by atoms with Gasteiger partial charge in [-0.2, -0.15) is 0 Å². The Bertz CT molecular complexity index is 1860. The fourth-order valence-electron chi connectivity index (χ4n) is 7.82. The Morgan fingerprint density at radius 2 is 0.389 bits per heavy atom. The van der Waals surface area contributed by atoms with Gasteiger partial charge in [0.05, 0.1) is 42.7 Å². The standard InChI is InChI=1S/C48H48O6/c1-49-43-25-37-19-31-13-7-8-15-33(31)21-39-27-45(51-3)47(53-5)29-41(39)23-35-17-11-12-18-36(35)24-42-30-48(54-6)46(52-4)28-40(42)22-34-16-10-9-14-32(34)20-38(37)26-44(43)50-2/h7-18,25-30H,19-24H2,1-6H3. The molecule has 0 fully saturated rings. The van der Waals surface area contributed by atoms with Gasteiger partial charge in [0, 0.05) is 0 Å². The van der Waals surface area contributed by atoms with Gasteiger partial charge in [0.15, 0.2) is 34.5 Å². The Morgan fingerprint density at radius 3 is 0.519 bits per heavy atom. The van der Waals surface area contributed by atoms with Crippen molar-refractivity contribution in [1.29, 1.82) is 0 Å². The van der Waals surface area contributed by atoms with Crippen LogP contribution in [-0.2, 0) is 38.5 Å². The molecule has 0 saturated carbocycles. The third-order valence-corrected chi connectivity index (χ3v) is 10.8. The molecule has 0 atom stereocenters. The van der Waals surface area contributed by atoms with Crippen LogP contribution in [-0.4, -0.2) is 42.7 Å². The van der Waals surface area contributed by atoms with Gasteiger partial charge in [0.2, 0.25) is 0 Å². The van der Waals surface area contributed by atoms with Crippen LogP contribution < -0.4 is 28.4 Å². The molecule has 6 nitrogen and oxygen atoms in total. The van der Waals surface area contributed by atoms with E-state index in [2.05, 4.69) is 109 Å². The predicted octanol–water partition coefficient (Wildman–Crippen LogP) is 9.60. The zero-order valence-electron chi connectivity index (χ0n) is 32.1. The van der Waals surface area contributed by atoms with Gasteiger partial charge >= 0.3 is 0 Å². The van der Waals surface area contributed by atoms with Gasteiger partial charge in [-0.25, -0.2) is 0 Å². The highest BCUT2D eigenvalue weighted by molar-refractivity contribution is 5.56. The number of ether oxygens (including phenoxy) is 6. The molecule has 6 aromatic rings.